The number of benzene rings is 1. The summed E-state index contributed by atoms with van der Waals surface area (Å²) in [6, 6.07) is 8.35. The topological polar surface area (TPSA) is 18.5 Å². The first kappa shape index (κ1) is 15.4. The normalized spacial score (nSPS) is 27.9. The molecule has 0 radical (unpaired) electrons. The molecule has 3 heteroatoms. The van der Waals surface area contributed by atoms with E-state index >= 15 is 0 Å². The van der Waals surface area contributed by atoms with Gasteiger partial charge in [-0.25, -0.2) is 0 Å². The second kappa shape index (κ2) is 6.70. The van der Waals surface area contributed by atoms with E-state index in [1.165, 1.54) is 44.1 Å². The van der Waals surface area contributed by atoms with Crippen LogP contribution in [0.1, 0.15) is 50.5 Å². The Morgan fingerprint density at radius 2 is 1.95 bits per heavy atom. The molecule has 21 heavy (non-hydrogen) atoms. The molecule has 1 aromatic carbocycles. The molecule has 0 aromatic heterocycles. The third-order valence-corrected chi connectivity index (χ3v) is 6.49. The van der Waals surface area contributed by atoms with E-state index in [9.17, 15) is 0 Å². The molecule has 3 rings (SSSR count). The van der Waals surface area contributed by atoms with Gasteiger partial charge < -0.3 is 9.47 Å². The Bertz CT molecular complexity index is 466. The highest BCUT2D eigenvalue weighted by molar-refractivity contribution is 9.09. The zero-order chi connectivity index (χ0) is 14.7. The molecule has 1 aromatic rings. The number of rotatable bonds is 4. The zero-order valence-electron chi connectivity index (χ0n) is 12.8. The maximum absolute atomic E-state index is 6.37. The summed E-state index contributed by atoms with van der Waals surface area (Å²) in [5.41, 5.74) is 1.55. The Kier molecular flexibility index (Phi) is 4.90. The van der Waals surface area contributed by atoms with Crippen LogP contribution in [0.2, 0.25) is 0 Å². The molecule has 2 fully saturated rings. The van der Waals surface area contributed by atoms with Gasteiger partial charge in [0, 0.05) is 17.4 Å². The van der Waals surface area contributed by atoms with Crippen molar-refractivity contribution in [1.82, 2.24) is 0 Å². The largest absolute Gasteiger partial charge is 0.490 e. The van der Waals surface area contributed by atoms with Gasteiger partial charge in [-0.2, -0.15) is 0 Å². The quantitative estimate of drug-likeness (QED) is 0.702. The highest BCUT2D eigenvalue weighted by Gasteiger charge is 2.54. The summed E-state index contributed by atoms with van der Waals surface area (Å²) in [6.45, 7) is 0.647. The summed E-state index contributed by atoms with van der Waals surface area (Å²) >= 11 is 3.91. The van der Waals surface area contributed by atoms with Gasteiger partial charge in [-0.3, -0.25) is 0 Å². The van der Waals surface area contributed by atoms with Gasteiger partial charge in [0.05, 0.1) is 6.61 Å². The fourth-order valence-corrected chi connectivity index (χ4v) is 5.02. The van der Waals surface area contributed by atoms with Crippen molar-refractivity contribution < 1.29 is 9.47 Å². The highest BCUT2D eigenvalue weighted by atomic mass is 79.9. The van der Waals surface area contributed by atoms with Gasteiger partial charge in [0.1, 0.15) is 11.9 Å². The van der Waals surface area contributed by atoms with Crippen molar-refractivity contribution in [2.24, 2.45) is 5.41 Å². The van der Waals surface area contributed by atoms with Crippen LogP contribution in [0.25, 0.3) is 0 Å². The monoisotopic (exact) mass is 352 g/mol. The zero-order valence-corrected chi connectivity index (χ0v) is 14.4. The fraction of sp³-hybridized carbons (Fsp3) is 0.667. The van der Waals surface area contributed by atoms with E-state index in [1.807, 2.05) is 0 Å². The summed E-state index contributed by atoms with van der Waals surface area (Å²) in [6.07, 6.45) is 9.61. The lowest BCUT2D eigenvalue weighted by Crippen LogP contribution is -2.56. The first-order valence-electron chi connectivity index (χ1n) is 8.13. The molecule has 2 nitrogen and oxygen atoms in total. The lowest BCUT2D eigenvalue weighted by molar-refractivity contribution is -0.0462. The van der Waals surface area contributed by atoms with Crippen LogP contribution in [0, 0.1) is 5.41 Å². The lowest BCUT2D eigenvalue weighted by Gasteiger charge is -2.53. The minimum absolute atomic E-state index is 0.369. The van der Waals surface area contributed by atoms with E-state index < -0.39 is 0 Å². The summed E-state index contributed by atoms with van der Waals surface area (Å²) in [5.74, 6) is 0.998. The summed E-state index contributed by atoms with van der Waals surface area (Å²) in [4.78, 5) is 0.634. The number of hydrogen-bond donors (Lipinski definition) is 0. The predicted molar refractivity (Wildman–Crippen MR) is 89.0 cm³/mol. The van der Waals surface area contributed by atoms with E-state index in [1.54, 1.807) is 7.11 Å². The molecule has 2 aliphatic rings. The van der Waals surface area contributed by atoms with Gasteiger partial charge in [-0.1, -0.05) is 53.7 Å². The van der Waals surface area contributed by atoms with E-state index in [-0.39, 0.29) is 0 Å². The Labute approximate surface area is 136 Å². The maximum atomic E-state index is 6.37. The molecular formula is C18H25BrO2. The van der Waals surface area contributed by atoms with Crippen LogP contribution in [0.4, 0.5) is 0 Å². The molecule has 2 saturated carbocycles. The Morgan fingerprint density at radius 1 is 1.19 bits per heavy atom. The molecule has 0 N–H and O–H groups in total. The third-order valence-electron chi connectivity index (χ3n) is 5.21. The molecule has 2 unspecified atom stereocenters. The van der Waals surface area contributed by atoms with Crippen molar-refractivity contribution in [3.05, 3.63) is 29.8 Å². The third kappa shape index (κ3) is 3.14. The number of ether oxygens (including phenoxy) is 2. The fourth-order valence-electron chi connectivity index (χ4n) is 3.93. The molecule has 0 amide bonds. The van der Waals surface area contributed by atoms with Crippen molar-refractivity contribution in [3.8, 4) is 5.75 Å². The Morgan fingerprint density at radius 3 is 2.62 bits per heavy atom. The minimum atomic E-state index is 0.369. The van der Waals surface area contributed by atoms with Crippen LogP contribution in [0.5, 0.6) is 5.75 Å². The molecule has 2 atom stereocenters. The second-order valence-electron chi connectivity index (χ2n) is 6.54. The first-order valence-corrected chi connectivity index (χ1v) is 9.05. The average molecular weight is 353 g/mol. The summed E-state index contributed by atoms with van der Waals surface area (Å²) < 4.78 is 11.6. The molecule has 0 bridgehead atoms. The number of alkyl halides is 1. The van der Waals surface area contributed by atoms with Crippen LogP contribution in [0.15, 0.2) is 24.3 Å². The smallest absolute Gasteiger partial charge is 0.120 e. The highest BCUT2D eigenvalue weighted by Crippen LogP contribution is 2.55. The van der Waals surface area contributed by atoms with Crippen LogP contribution in [-0.2, 0) is 11.3 Å². The van der Waals surface area contributed by atoms with E-state index in [0.29, 0.717) is 23.0 Å². The van der Waals surface area contributed by atoms with Crippen molar-refractivity contribution in [1.29, 1.82) is 0 Å². The second-order valence-corrected chi connectivity index (χ2v) is 7.64. The standard InChI is InChI=1S/C18H25BrO2/c1-20-13-14-7-6-8-15(11-14)21-17-12-16(19)18(17)9-4-2-3-5-10-18/h6-8,11,16-17H,2-5,9-10,12-13H2,1H3. The Hall–Kier alpha value is -0.540. The van der Waals surface area contributed by atoms with Crippen molar-refractivity contribution in [3.63, 3.8) is 0 Å². The van der Waals surface area contributed by atoms with Gasteiger partial charge in [-0.05, 0) is 37.0 Å². The van der Waals surface area contributed by atoms with Gasteiger partial charge in [0.2, 0.25) is 0 Å². The van der Waals surface area contributed by atoms with E-state index in [0.717, 1.165) is 12.2 Å². The molecule has 116 valence electrons. The van der Waals surface area contributed by atoms with Gasteiger partial charge in [-0.15, -0.1) is 0 Å². The van der Waals surface area contributed by atoms with Crippen LogP contribution in [-0.4, -0.2) is 18.0 Å². The lowest BCUT2D eigenvalue weighted by atomic mass is 9.61. The van der Waals surface area contributed by atoms with E-state index in [2.05, 4.69) is 40.2 Å². The van der Waals surface area contributed by atoms with Gasteiger partial charge in [0.25, 0.3) is 0 Å². The van der Waals surface area contributed by atoms with Crippen molar-refractivity contribution in [2.45, 2.75) is 62.5 Å². The SMILES string of the molecule is COCc1cccc(OC2CC(Br)C23CCCCCC3)c1. The number of halogens is 1. The Balaban J connectivity index is 1.70. The van der Waals surface area contributed by atoms with Crippen LogP contribution >= 0.6 is 15.9 Å². The molecule has 2 aliphatic carbocycles. The molecular weight excluding hydrogens is 328 g/mol. The first-order chi connectivity index (χ1) is 10.2. The minimum Gasteiger partial charge on any atom is -0.490 e. The van der Waals surface area contributed by atoms with Gasteiger partial charge in [0.15, 0.2) is 0 Å². The number of methoxy groups -OCH3 is 1. The summed E-state index contributed by atoms with van der Waals surface area (Å²) in [7, 11) is 1.73. The predicted octanol–water partition coefficient (Wildman–Crippen LogP) is 5.09. The van der Waals surface area contributed by atoms with Crippen LogP contribution < -0.4 is 4.74 Å². The molecule has 0 aliphatic heterocycles. The van der Waals surface area contributed by atoms with Crippen LogP contribution in [0.3, 0.4) is 0 Å². The molecule has 0 heterocycles. The molecule has 0 saturated heterocycles. The molecule has 1 spiro atoms. The number of hydrogen-bond acceptors (Lipinski definition) is 2. The average Bonchev–Trinajstić information content (AvgIpc) is 2.76. The summed E-state index contributed by atoms with van der Waals surface area (Å²) in [5, 5.41) is 0. The van der Waals surface area contributed by atoms with Crippen molar-refractivity contribution in [2.75, 3.05) is 7.11 Å². The maximum Gasteiger partial charge on any atom is 0.120 e. The van der Waals surface area contributed by atoms with Crippen molar-refractivity contribution >= 4 is 15.9 Å². The van der Waals surface area contributed by atoms with Gasteiger partial charge >= 0.3 is 0 Å². The van der Waals surface area contributed by atoms with E-state index in [4.69, 9.17) is 9.47 Å².